The SMILES string of the molecule is COc1ccc([C@H]2CC(=O)C3=C(C2)NC(C)=C(C(=O)OC(C)C)[C@H]3c2ccc(Br)cc2)cc1OC. The predicted octanol–water partition coefficient (Wildman–Crippen LogP) is 5.78. The van der Waals surface area contributed by atoms with Crippen LogP contribution in [0, 0.1) is 0 Å². The van der Waals surface area contributed by atoms with Gasteiger partial charge in [0.05, 0.1) is 25.9 Å². The molecule has 0 aromatic heterocycles. The molecule has 2 aromatic carbocycles. The quantitative estimate of drug-likeness (QED) is 0.469. The Labute approximate surface area is 214 Å². The Balaban J connectivity index is 1.77. The minimum absolute atomic E-state index is 0.0175. The van der Waals surface area contributed by atoms with E-state index in [1.807, 2.05) is 63.2 Å². The van der Waals surface area contributed by atoms with Gasteiger partial charge in [-0.25, -0.2) is 4.79 Å². The van der Waals surface area contributed by atoms with Crippen LogP contribution in [0.1, 0.15) is 56.6 Å². The zero-order chi connectivity index (χ0) is 25.3. The predicted molar refractivity (Wildman–Crippen MR) is 138 cm³/mol. The molecule has 0 unspecified atom stereocenters. The molecule has 2 aliphatic rings. The molecule has 0 amide bonds. The van der Waals surface area contributed by atoms with E-state index >= 15 is 0 Å². The van der Waals surface area contributed by atoms with E-state index in [1.165, 1.54) is 0 Å². The summed E-state index contributed by atoms with van der Waals surface area (Å²) >= 11 is 3.48. The van der Waals surface area contributed by atoms with E-state index in [4.69, 9.17) is 14.2 Å². The van der Waals surface area contributed by atoms with Crippen molar-refractivity contribution in [3.05, 3.63) is 80.6 Å². The largest absolute Gasteiger partial charge is 0.493 e. The van der Waals surface area contributed by atoms with Gasteiger partial charge in [-0.2, -0.15) is 0 Å². The molecular formula is C28H30BrNO5. The van der Waals surface area contributed by atoms with Gasteiger partial charge in [0, 0.05) is 33.8 Å². The Hall–Kier alpha value is -3.06. The molecule has 0 radical (unpaired) electrons. The van der Waals surface area contributed by atoms with Crippen molar-refractivity contribution in [2.24, 2.45) is 0 Å². The number of halogens is 1. The summed E-state index contributed by atoms with van der Waals surface area (Å²) in [6, 6.07) is 13.5. The average Bonchev–Trinajstić information content (AvgIpc) is 2.82. The minimum atomic E-state index is -0.482. The molecule has 35 heavy (non-hydrogen) atoms. The molecule has 2 atom stereocenters. The van der Waals surface area contributed by atoms with Crippen LogP contribution in [0.25, 0.3) is 0 Å². The lowest BCUT2D eigenvalue weighted by Gasteiger charge is -2.37. The molecule has 0 saturated heterocycles. The summed E-state index contributed by atoms with van der Waals surface area (Å²) in [5.41, 5.74) is 4.59. The monoisotopic (exact) mass is 539 g/mol. The summed E-state index contributed by atoms with van der Waals surface area (Å²) in [7, 11) is 3.20. The zero-order valence-corrected chi connectivity index (χ0v) is 22.2. The van der Waals surface area contributed by atoms with Gasteiger partial charge in [0.2, 0.25) is 0 Å². The van der Waals surface area contributed by atoms with Crippen molar-refractivity contribution in [3.8, 4) is 11.5 Å². The summed E-state index contributed by atoms with van der Waals surface area (Å²) in [6.45, 7) is 5.52. The molecule has 1 N–H and O–H groups in total. The highest BCUT2D eigenvalue weighted by Crippen LogP contribution is 2.46. The highest BCUT2D eigenvalue weighted by Gasteiger charge is 2.41. The number of benzene rings is 2. The van der Waals surface area contributed by atoms with Crippen molar-refractivity contribution < 1.29 is 23.8 Å². The molecule has 6 nitrogen and oxygen atoms in total. The van der Waals surface area contributed by atoms with E-state index in [-0.39, 0.29) is 17.8 Å². The van der Waals surface area contributed by atoms with Crippen LogP contribution in [0.4, 0.5) is 0 Å². The normalized spacial score (nSPS) is 19.9. The Morgan fingerprint density at radius 2 is 1.66 bits per heavy atom. The van der Waals surface area contributed by atoms with Crippen molar-refractivity contribution in [1.82, 2.24) is 5.32 Å². The van der Waals surface area contributed by atoms with Crippen LogP contribution in [0.15, 0.2) is 69.5 Å². The molecule has 0 bridgehead atoms. The number of hydrogen-bond donors (Lipinski definition) is 1. The fourth-order valence-corrected chi connectivity index (χ4v) is 5.18. The summed E-state index contributed by atoms with van der Waals surface area (Å²) < 4.78 is 17.4. The van der Waals surface area contributed by atoms with Crippen molar-refractivity contribution in [2.45, 2.75) is 51.6 Å². The van der Waals surface area contributed by atoms with E-state index in [2.05, 4.69) is 21.2 Å². The van der Waals surface area contributed by atoms with Crippen LogP contribution < -0.4 is 14.8 Å². The first kappa shape index (κ1) is 25.0. The summed E-state index contributed by atoms with van der Waals surface area (Å²) in [6.07, 6.45) is 0.724. The summed E-state index contributed by atoms with van der Waals surface area (Å²) in [4.78, 5) is 26.9. The Bertz CT molecular complexity index is 1210. The van der Waals surface area contributed by atoms with Crippen LogP contribution in [-0.2, 0) is 14.3 Å². The third kappa shape index (κ3) is 5.01. The highest BCUT2D eigenvalue weighted by molar-refractivity contribution is 9.10. The van der Waals surface area contributed by atoms with Crippen molar-refractivity contribution in [1.29, 1.82) is 0 Å². The maximum atomic E-state index is 13.7. The fourth-order valence-electron chi connectivity index (χ4n) is 4.92. The van der Waals surface area contributed by atoms with Crippen LogP contribution in [0.3, 0.4) is 0 Å². The molecule has 4 rings (SSSR count). The van der Waals surface area contributed by atoms with Crippen molar-refractivity contribution in [2.75, 3.05) is 14.2 Å². The number of nitrogens with one attached hydrogen (secondary N) is 1. The topological polar surface area (TPSA) is 73.9 Å². The lowest BCUT2D eigenvalue weighted by Crippen LogP contribution is -2.36. The number of ketones is 1. The number of carbonyl (C=O) groups excluding carboxylic acids is 2. The second kappa shape index (κ2) is 10.3. The second-order valence-corrected chi connectivity index (χ2v) is 10.1. The first-order valence-electron chi connectivity index (χ1n) is 11.7. The molecule has 1 aliphatic heterocycles. The van der Waals surface area contributed by atoms with Crippen LogP contribution in [-0.4, -0.2) is 32.1 Å². The van der Waals surface area contributed by atoms with E-state index in [0.29, 0.717) is 41.2 Å². The number of rotatable bonds is 6. The number of dihydropyridines is 1. The van der Waals surface area contributed by atoms with Crippen LogP contribution >= 0.6 is 15.9 Å². The van der Waals surface area contributed by atoms with Gasteiger partial charge < -0.3 is 19.5 Å². The number of methoxy groups -OCH3 is 2. The van der Waals surface area contributed by atoms with Gasteiger partial charge in [0.15, 0.2) is 17.3 Å². The second-order valence-electron chi connectivity index (χ2n) is 9.14. The van der Waals surface area contributed by atoms with E-state index < -0.39 is 11.9 Å². The lowest BCUT2D eigenvalue weighted by molar-refractivity contribution is -0.143. The molecule has 0 spiro atoms. The van der Waals surface area contributed by atoms with E-state index in [9.17, 15) is 9.59 Å². The molecule has 7 heteroatoms. The van der Waals surface area contributed by atoms with Gasteiger partial charge in [-0.15, -0.1) is 0 Å². The Morgan fingerprint density at radius 3 is 2.29 bits per heavy atom. The van der Waals surface area contributed by atoms with Gasteiger partial charge in [0.25, 0.3) is 0 Å². The van der Waals surface area contributed by atoms with Gasteiger partial charge in [-0.05, 0) is 68.5 Å². The number of allylic oxidation sites excluding steroid dienone is 3. The molecule has 0 fully saturated rings. The number of esters is 1. The molecule has 184 valence electrons. The maximum Gasteiger partial charge on any atom is 0.337 e. The maximum absolute atomic E-state index is 13.7. The van der Waals surface area contributed by atoms with Crippen LogP contribution in [0.5, 0.6) is 11.5 Å². The minimum Gasteiger partial charge on any atom is -0.493 e. The Kier molecular flexibility index (Phi) is 7.36. The molecule has 0 saturated carbocycles. The first-order valence-corrected chi connectivity index (χ1v) is 12.4. The molecule has 2 aromatic rings. The van der Waals surface area contributed by atoms with Crippen LogP contribution in [0.2, 0.25) is 0 Å². The van der Waals surface area contributed by atoms with Crippen molar-refractivity contribution in [3.63, 3.8) is 0 Å². The van der Waals surface area contributed by atoms with Crippen molar-refractivity contribution >= 4 is 27.7 Å². The summed E-state index contributed by atoms with van der Waals surface area (Å²) in [5.74, 6) is 0.404. The third-order valence-electron chi connectivity index (χ3n) is 6.47. The molecule has 1 aliphatic carbocycles. The third-order valence-corrected chi connectivity index (χ3v) is 7.00. The van der Waals surface area contributed by atoms with Gasteiger partial charge in [-0.3, -0.25) is 4.79 Å². The van der Waals surface area contributed by atoms with E-state index in [0.717, 1.165) is 21.3 Å². The molecule has 1 heterocycles. The standard InChI is InChI=1S/C28H30BrNO5/c1-15(2)35-28(32)25-16(3)30-21-12-19(18-8-11-23(33-4)24(14-18)34-5)13-22(31)27(21)26(25)17-6-9-20(29)10-7-17/h6-11,14-15,19,26,30H,12-13H2,1-5H3/t19-,26-/m1/s1. The zero-order valence-electron chi connectivity index (χ0n) is 20.6. The number of ether oxygens (including phenoxy) is 3. The number of Topliss-reactive ketones (excluding diaryl/α,β-unsaturated/α-hetero) is 1. The lowest BCUT2D eigenvalue weighted by atomic mass is 9.71. The fraction of sp³-hybridized carbons (Fsp3) is 0.357. The summed E-state index contributed by atoms with van der Waals surface area (Å²) in [5, 5.41) is 3.39. The smallest absolute Gasteiger partial charge is 0.337 e. The first-order chi connectivity index (χ1) is 16.7. The number of hydrogen-bond acceptors (Lipinski definition) is 6. The van der Waals surface area contributed by atoms with Gasteiger partial charge >= 0.3 is 5.97 Å². The van der Waals surface area contributed by atoms with Gasteiger partial charge in [-0.1, -0.05) is 34.1 Å². The average molecular weight is 540 g/mol. The molecular weight excluding hydrogens is 510 g/mol. The van der Waals surface area contributed by atoms with Gasteiger partial charge in [0.1, 0.15) is 0 Å². The Morgan fingerprint density at radius 1 is 1.00 bits per heavy atom. The van der Waals surface area contributed by atoms with E-state index in [1.54, 1.807) is 14.2 Å². The number of carbonyl (C=O) groups is 2. The highest BCUT2D eigenvalue weighted by atomic mass is 79.9.